The standard InChI is InChI=1S/C10H11N4O3.Y/c1-6-9-10(12-4-11-6)14(5-13-9)7-3-16-8(2-15)17-7;/h5,7-8,15H,2-3H2,1H3;/q-1;/t7-,8-;/m1./s1. The number of hydrogen-bond acceptors (Lipinski definition) is 6. The van der Waals surface area contributed by atoms with Gasteiger partial charge in [0.15, 0.2) is 12.5 Å². The maximum absolute atomic E-state index is 8.93. The van der Waals surface area contributed by atoms with Gasteiger partial charge in [-0.25, -0.2) is 0 Å². The van der Waals surface area contributed by atoms with E-state index in [1.54, 1.807) is 10.9 Å². The molecule has 0 aromatic carbocycles. The number of aryl methyl sites for hydroxylation is 1. The van der Waals surface area contributed by atoms with Gasteiger partial charge in [-0.3, -0.25) is 4.98 Å². The Kier molecular flexibility index (Phi) is 4.39. The van der Waals surface area contributed by atoms with Crippen molar-refractivity contribution in [3.8, 4) is 0 Å². The zero-order valence-electron chi connectivity index (χ0n) is 9.78. The Bertz CT molecular complexity index is 547. The van der Waals surface area contributed by atoms with E-state index in [1.807, 2.05) is 6.92 Å². The molecule has 2 aromatic heterocycles. The van der Waals surface area contributed by atoms with Crippen LogP contribution in [0.2, 0.25) is 0 Å². The normalized spacial score (nSPS) is 23.2. The van der Waals surface area contributed by atoms with Crippen molar-refractivity contribution in [1.82, 2.24) is 19.5 Å². The molecule has 2 atom stereocenters. The van der Waals surface area contributed by atoms with Gasteiger partial charge in [-0.2, -0.15) is 0 Å². The Morgan fingerprint density at radius 1 is 1.56 bits per heavy atom. The molecule has 18 heavy (non-hydrogen) atoms. The molecular formula is C10H11N4O3Y-. The SMILES string of the molecule is Cc1n[c-]nc2c1ncn2[C@H]1CO[C@@H](CO)O1.[Y]. The molecule has 0 bridgehead atoms. The molecule has 3 heterocycles. The smallest absolute Gasteiger partial charge is 0.183 e. The van der Waals surface area contributed by atoms with E-state index in [4.69, 9.17) is 14.6 Å². The van der Waals surface area contributed by atoms with Crippen molar-refractivity contribution in [2.75, 3.05) is 13.2 Å². The van der Waals surface area contributed by atoms with E-state index in [9.17, 15) is 0 Å². The molecule has 0 amide bonds. The first-order chi connectivity index (χ1) is 8.29. The third kappa shape index (κ3) is 2.33. The summed E-state index contributed by atoms with van der Waals surface area (Å²) < 4.78 is 12.5. The van der Waals surface area contributed by atoms with E-state index in [0.717, 1.165) is 11.2 Å². The largest absolute Gasteiger partial charge is 0.391 e. The summed E-state index contributed by atoms with van der Waals surface area (Å²) in [5, 5.41) is 8.93. The number of imidazole rings is 1. The number of aliphatic hydroxyl groups is 1. The summed E-state index contributed by atoms with van der Waals surface area (Å²) in [6, 6.07) is 0. The van der Waals surface area contributed by atoms with Crippen molar-refractivity contribution in [1.29, 1.82) is 0 Å². The van der Waals surface area contributed by atoms with Crippen molar-refractivity contribution in [3.63, 3.8) is 0 Å². The first-order valence-corrected chi connectivity index (χ1v) is 5.24. The minimum Gasteiger partial charge on any atom is -0.391 e. The molecule has 93 valence electrons. The Labute approximate surface area is 128 Å². The summed E-state index contributed by atoms with van der Waals surface area (Å²) in [6.07, 6.45) is 3.31. The molecule has 0 aliphatic carbocycles. The zero-order valence-corrected chi connectivity index (χ0v) is 12.6. The van der Waals surface area contributed by atoms with Crippen molar-refractivity contribution in [2.45, 2.75) is 19.4 Å². The first kappa shape index (κ1) is 14.0. The third-order valence-electron chi connectivity index (χ3n) is 2.68. The minimum atomic E-state index is -0.579. The molecule has 0 spiro atoms. The molecule has 2 aromatic rings. The van der Waals surface area contributed by atoms with E-state index < -0.39 is 6.29 Å². The van der Waals surface area contributed by atoms with Crippen molar-refractivity contribution < 1.29 is 47.3 Å². The summed E-state index contributed by atoms with van der Waals surface area (Å²) in [5.41, 5.74) is 2.15. The number of hydrogen-bond donors (Lipinski definition) is 1. The molecule has 3 rings (SSSR count). The van der Waals surface area contributed by atoms with Crippen LogP contribution < -0.4 is 0 Å². The fraction of sp³-hybridized carbons (Fsp3) is 0.500. The van der Waals surface area contributed by atoms with Gasteiger partial charge >= 0.3 is 0 Å². The number of nitrogens with zero attached hydrogens (tertiary/aromatic N) is 4. The Morgan fingerprint density at radius 2 is 2.39 bits per heavy atom. The molecule has 1 saturated heterocycles. The summed E-state index contributed by atoms with van der Waals surface area (Å²) >= 11 is 0. The van der Waals surface area contributed by atoms with E-state index in [2.05, 4.69) is 21.3 Å². The van der Waals surface area contributed by atoms with Crippen LogP contribution in [-0.4, -0.2) is 44.1 Å². The van der Waals surface area contributed by atoms with Crippen LogP contribution in [-0.2, 0) is 42.2 Å². The third-order valence-corrected chi connectivity index (χ3v) is 2.68. The van der Waals surface area contributed by atoms with Crippen LogP contribution in [0.4, 0.5) is 0 Å². The molecule has 1 aliphatic heterocycles. The van der Waals surface area contributed by atoms with Crippen molar-refractivity contribution in [2.24, 2.45) is 0 Å². The van der Waals surface area contributed by atoms with Crippen LogP contribution in [0.5, 0.6) is 0 Å². The van der Waals surface area contributed by atoms with Gasteiger partial charge in [0.1, 0.15) is 0 Å². The minimum absolute atomic E-state index is 0. The Balaban J connectivity index is 0.00000120. The Hall–Kier alpha value is -0.466. The molecule has 1 N–H and O–H groups in total. The average molecular weight is 324 g/mol. The Morgan fingerprint density at radius 3 is 3.11 bits per heavy atom. The van der Waals surface area contributed by atoms with E-state index >= 15 is 0 Å². The zero-order chi connectivity index (χ0) is 11.8. The van der Waals surface area contributed by atoms with Gasteiger partial charge in [0, 0.05) is 44.6 Å². The maximum atomic E-state index is 8.93. The van der Waals surface area contributed by atoms with Crippen LogP contribution >= 0.6 is 0 Å². The number of ether oxygens (including phenoxy) is 2. The van der Waals surface area contributed by atoms with Gasteiger partial charge in [0.2, 0.25) is 0 Å². The molecular weight excluding hydrogens is 313 g/mol. The van der Waals surface area contributed by atoms with Gasteiger partial charge < -0.3 is 29.1 Å². The molecule has 7 nitrogen and oxygen atoms in total. The second kappa shape index (κ2) is 5.67. The maximum Gasteiger partial charge on any atom is 0.183 e. The monoisotopic (exact) mass is 324 g/mol. The number of fused-ring (bicyclic) bond motifs is 1. The molecule has 1 fully saturated rings. The van der Waals surface area contributed by atoms with Gasteiger partial charge in [-0.15, -0.1) is 0 Å². The molecule has 1 radical (unpaired) electrons. The van der Waals surface area contributed by atoms with Gasteiger partial charge in [0.05, 0.1) is 25.2 Å². The van der Waals surface area contributed by atoms with Crippen molar-refractivity contribution >= 4 is 11.2 Å². The quantitative estimate of drug-likeness (QED) is 0.770. The fourth-order valence-electron chi connectivity index (χ4n) is 1.82. The topological polar surface area (TPSA) is 82.3 Å². The van der Waals surface area contributed by atoms with Crippen LogP contribution in [0.25, 0.3) is 11.2 Å². The molecule has 0 saturated carbocycles. The van der Waals surface area contributed by atoms with E-state index in [-0.39, 0.29) is 45.5 Å². The van der Waals surface area contributed by atoms with Gasteiger partial charge in [0.25, 0.3) is 0 Å². The second-order valence-electron chi connectivity index (χ2n) is 3.77. The second-order valence-corrected chi connectivity index (χ2v) is 3.77. The summed E-state index contributed by atoms with van der Waals surface area (Å²) in [7, 11) is 0. The predicted molar refractivity (Wildman–Crippen MR) is 55.8 cm³/mol. The van der Waals surface area contributed by atoms with E-state index in [0.29, 0.717) is 12.3 Å². The van der Waals surface area contributed by atoms with Crippen LogP contribution in [0.3, 0.4) is 0 Å². The van der Waals surface area contributed by atoms with Gasteiger partial charge in [-0.05, 0) is 5.69 Å². The average Bonchev–Trinajstić information content (AvgIpc) is 2.94. The number of aliphatic hydroxyl groups excluding tert-OH is 1. The van der Waals surface area contributed by atoms with E-state index in [1.165, 1.54) is 0 Å². The number of aromatic nitrogens is 4. The number of rotatable bonds is 2. The van der Waals surface area contributed by atoms with Crippen LogP contribution in [0, 0.1) is 13.3 Å². The fourth-order valence-corrected chi connectivity index (χ4v) is 1.82. The van der Waals surface area contributed by atoms with Crippen molar-refractivity contribution in [3.05, 3.63) is 18.3 Å². The summed E-state index contributed by atoms with van der Waals surface area (Å²) in [4.78, 5) is 12.3. The summed E-state index contributed by atoms with van der Waals surface area (Å²) in [6.45, 7) is 2.05. The predicted octanol–water partition coefficient (Wildman–Crippen LogP) is -0.204. The first-order valence-electron chi connectivity index (χ1n) is 5.24. The summed E-state index contributed by atoms with van der Waals surface area (Å²) in [5.74, 6) is 0. The van der Waals surface area contributed by atoms with Gasteiger partial charge in [-0.1, -0.05) is 6.92 Å². The molecule has 8 heteroatoms. The van der Waals surface area contributed by atoms with Crippen LogP contribution in [0.15, 0.2) is 6.33 Å². The molecule has 0 unspecified atom stereocenters. The molecule has 1 aliphatic rings. The van der Waals surface area contributed by atoms with Crippen LogP contribution in [0.1, 0.15) is 11.9 Å².